The zero-order valence-corrected chi connectivity index (χ0v) is 13.3. The fourth-order valence-electron chi connectivity index (χ4n) is 2.46. The van der Waals surface area contributed by atoms with Gasteiger partial charge >= 0.3 is 0 Å². The Balaban J connectivity index is 1.54. The Morgan fingerprint density at radius 1 is 1.39 bits per heavy atom. The van der Waals surface area contributed by atoms with Crippen molar-refractivity contribution in [3.8, 4) is 0 Å². The molecule has 1 aliphatic rings. The number of nitrogens with zero attached hydrogens (tertiary/aromatic N) is 3. The van der Waals surface area contributed by atoms with Gasteiger partial charge in [0.05, 0.1) is 6.54 Å². The van der Waals surface area contributed by atoms with E-state index in [0.29, 0.717) is 30.6 Å². The van der Waals surface area contributed by atoms with Gasteiger partial charge in [-0.25, -0.2) is 4.39 Å². The van der Waals surface area contributed by atoms with E-state index in [1.807, 2.05) is 6.92 Å². The Kier molecular flexibility index (Phi) is 4.41. The molecule has 0 unspecified atom stereocenters. The summed E-state index contributed by atoms with van der Waals surface area (Å²) in [5, 5.41) is 3.93. The zero-order valence-electron chi connectivity index (χ0n) is 13.3. The van der Waals surface area contributed by atoms with E-state index in [4.69, 9.17) is 4.52 Å². The normalized spacial score (nSPS) is 15.4. The zero-order chi connectivity index (χ0) is 16.4. The molecule has 1 aromatic carbocycles. The maximum Gasteiger partial charge on any atom is 0.229 e. The van der Waals surface area contributed by atoms with Crippen LogP contribution in [0.15, 0.2) is 28.8 Å². The number of benzene rings is 1. The predicted octanol–water partition coefficient (Wildman–Crippen LogP) is 3.24. The summed E-state index contributed by atoms with van der Waals surface area (Å²) < 4.78 is 18.1. The van der Waals surface area contributed by atoms with Crippen LogP contribution >= 0.6 is 0 Å². The van der Waals surface area contributed by atoms with Crippen molar-refractivity contribution in [3.63, 3.8) is 0 Å². The average molecular weight is 317 g/mol. The summed E-state index contributed by atoms with van der Waals surface area (Å²) in [6, 6.07) is 6.26. The third-order valence-electron chi connectivity index (χ3n) is 4.13. The fraction of sp³-hybridized carbons (Fsp3) is 0.471. The van der Waals surface area contributed by atoms with Crippen LogP contribution in [0.5, 0.6) is 0 Å². The summed E-state index contributed by atoms with van der Waals surface area (Å²) in [7, 11) is 1.73. The van der Waals surface area contributed by atoms with Gasteiger partial charge in [-0.2, -0.15) is 4.98 Å². The van der Waals surface area contributed by atoms with Gasteiger partial charge in [0.2, 0.25) is 11.8 Å². The van der Waals surface area contributed by atoms with Gasteiger partial charge in [0.15, 0.2) is 5.82 Å². The number of hydrogen-bond donors (Lipinski definition) is 0. The molecule has 1 saturated carbocycles. The fourth-order valence-corrected chi connectivity index (χ4v) is 2.46. The largest absolute Gasteiger partial charge is 0.339 e. The molecule has 0 bridgehead atoms. The van der Waals surface area contributed by atoms with E-state index in [0.717, 1.165) is 18.4 Å². The molecule has 2 aromatic rings. The minimum atomic E-state index is -0.270. The molecule has 3 rings (SSSR count). The molecule has 0 aliphatic heterocycles. The number of rotatable bonds is 6. The van der Waals surface area contributed by atoms with Crippen LogP contribution in [0, 0.1) is 5.82 Å². The molecule has 0 saturated heterocycles. The maximum atomic E-state index is 12.9. The maximum absolute atomic E-state index is 12.9. The molecule has 1 amide bonds. The number of carbonyl (C=O) groups excluding carboxylic acids is 1. The Morgan fingerprint density at radius 3 is 2.74 bits per heavy atom. The van der Waals surface area contributed by atoms with Gasteiger partial charge < -0.3 is 9.42 Å². The van der Waals surface area contributed by atoms with Gasteiger partial charge in [-0.05, 0) is 36.5 Å². The van der Waals surface area contributed by atoms with Gasteiger partial charge in [0.25, 0.3) is 0 Å². The minimum absolute atomic E-state index is 0.000373. The minimum Gasteiger partial charge on any atom is -0.339 e. The summed E-state index contributed by atoms with van der Waals surface area (Å²) in [6.07, 6.45) is 2.56. The molecule has 1 fully saturated rings. The van der Waals surface area contributed by atoms with Crippen molar-refractivity contribution in [2.24, 2.45) is 0 Å². The van der Waals surface area contributed by atoms with Gasteiger partial charge in [-0.3, -0.25) is 4.79 Å². The lowest BCUT2D eigenvalue weighted by molar-refractivity contribution is -0.130. The van der Waals surface area contributed by atoms with Gasteiger partial charge in [-0.15, -0.1) is 0 Å². The highest BCUT2D eigenvalue weighted by Gasteiger charge is 2.29. The predicted molar refractivity (Wildman–Crippen MR) is 82.2 cm³/mol. The van der Waals surface area contributed by atoms with Gasteiger partial charge in [0.1, 0.15) is 5.82 Å². The Labute approximate surface area is 134 Å². The molecule has 0 radical (unpaired) electrons. The van der Waals surface area contributed by atoms with Crippen molar-refractivity contribution in [3.05, 3.63) is 47.4 Å². The van der Waals surface area contributed by atoms with Crippen molar-refractivity contribution < 1.29 is 13.7 Å². The Bertz CT molecular complexity index is 679. The topological polar surface area (TPSA) is 59.2 Å². The van der Waals surface area contributed by atoms with Crippen LogP contribution in [0.4, 0.5) is 4.39 Å². The average Bonchev–Trinajstić information content (AvgIpc) is 3.28. The first kappa shape index (κ1) is 15.6. The third-order valence-corrected chi connectivity index (χ3v) is 4.13. The third kappa shape index (κ3) is 3.94. The van der Waals surface area contributed by atoms with Crippen molar-refractivity contribution in [2.75, 3.05) is 7.05 Å². The summed E-state index contributed by atoms with van der Waals surface area (Å²) >= 11 is 0. The smallest absolute Gasteiger partial charge is 0.229 e. The second-order valence-electron chi connectivity index (χ2n) is 6.23. The highest BCUT2D eigenvalue weighted by atomic mass is 19.1. The van der Waals surface area contributed by atoms with Crippen LogP contribution in [-0.4, -0.2) is 28.0 Å². The summed E-state index contributed by atoms with van der Waals surface area (Å²) in [6.45, 7) is 2.30. The van der Waals surface area contributed by atoms with Crippen molar-refractivity contribution in [1.82, 2.24) is 15.0 Å². The van der Waals surface area contributed by atoms with Crippen LogP contribution in [-0.2, 0) is 11.3 Å². The van der Waals surface area contributed by atoms with Crippen LogP contribution in [0.1, 0.15) is 55.3 Å². The first-order chi connectivity index (χ1) is 11.0. The van der Waals surface area contributed by atoms with Gasteiger partial charge in [-0.1, -0.05) is 24.2 Å². The van der Waals surface area contributed by atoms with Crippen LogP contribution in [0.2, 0.25) is 0 Å². The number of halogens is 1. The van der Waals surface area contributed by atoms with E-state index in [1.165, 1.54) is 12.1 Å². The lowest BCUT2D eigenvalue weighted by Gasteiger charge is -2.18. The van der Waals surface area contributed by atoms with Crippen molar-refractivity contribution >= 4 is 5.91 Å². The molecule has 1 atom stereocenters. The number of carbonyl (C=O) groups is 1. The Hall–Kier alpha value is -2.24. The van der Waals surface area contributed by atoms with E-state index < -0.39 is 0 Å². The molecular formula is C17H20FN3O2. The summed E-state index contributed by atoms with van der Waals surface area (Å²) in [5.41, 5.74) is 0.948. The highest BCUT2D eigenvalue weighted by molar-refractivity contribution is 5.76. The lowest BCUT2D eigenvalue weighted by atomic mass is 9.97. The molecule has 0 spiro atoms. The molecule has 1 aromatic heterocycles. The summed E-state index contributed by atoms with van der Waals surface area (Å²) in [5.74, 6) is 1.39. The molecule has 1 heterocycles. The standard InChI is InChI=1S/C17H20FN3O2/c1-11(12-5-7-14(18)8-6-12)9-16(22)21(2)10-15-19-17(23-20-15)13-3-4-13/h5-8,11,13H,3-4,9-10H2,1-2H3/t11-/m0/s1. The molecule has 122 valence electrons. The monoisotopic (exact) mass is 317 g/mol. The molecular weight excluding hydrogens is 297 g/mol. The van der Waals surface area contributed by atoms with Crippen molar-refractivity contribution in [1.29, 1.82) is 0 Å². The Morgan fingerprint density at radius 2 is 2.09 bits per heavy atom. The molecule has 5 nitrogen and oxygen atoms in total. The second kappa shape index (κ2) is 6.48. The number of hydrogen-bond acceptors (Lipinski definition) is 4. The van der Waals surface area contributed by atoms with Crippen molar-refractivity contribution in [2.45, 2.75) is 44.6 Å². The number of amides is 1. The molecule has 1 aliphatic carbocycles. The lowest BCUT2D eigenvalue weighted by Crippen LogP contribution is -2.27. The summed E-state index contributed by atoms with van der Waals surface area (Å²) in [4.78, 5) is 18.2. The SMILES string of the molecule is C[C@@H](CC(=O)N(C)Cc1noc(C2CC2)n1)c1ccc(F)cc1. The van der Waals surface area contributed by atoms with Gasteiger partial charge in [0, 0.05) is 19.4 Å². The van der Waals surface area contributed by atoms with Crippen LogP contribution in [0.3, 0.4) is 0 Å². The molecule has 6 heteroatoms. The van der Waals surface area contributed by atoms with Crippen LogP contribution < -0.4 is 0 Å². The second-order valence-corrected chi connectivity index (χ2v) is 6.23. The first-order valence-electron chi connectivity index (χ1n) is 7.85. The van der Waals surface area contributed by atoms with E-state index in [2.05, 4.69) is 10.1 Å². The molecule has 0 N–H and O–H groups in total. The van der Waals surface area contributed by atoms with E-state index in [9.17, 15) is 9.18 Å². The van der Waals surface area contributed by atoms with Crippen LogP contribution in [0.25, 0.3) is 0 Å². The molecule has 23 heavy (non-hydrogen) atoms. The van der Waals surface area contributed by atoms with E-state index in [1.54, 1.807) is 24.1 Å². The quantitative estimate of drug-likeness (QED) is 0.820. The highest BCUT2D eigenvalue weighted by Crippen LogP contribution is 2.38. The number of aromatic nitrogens is 2. The first-order valence-corrected chi connectivity index (χ1v) is 7.85. The van der Waals surface area contributed by atoms with E-state index in [-0.39, 0.29) is 17.6 Å². The van der Waals surface area contributed by atoms with E-state index >= 15 is 0 Å².